The van der Waals surface area contributed by atoms with Crippen LogP contribution < -0.4 is 16.2 Å². The minimum Gasteiger partial charge on any atom is -0.489 e. The predicted molar refractivity (Wildman–Crippen MR) is 185 cm³/mol. The lowest BCUT2D eigenvalue weighted by atomic mass is 9.84. The quantitative estimate of drug-likeness (QED) is 0.213. The molecule has 4 aromatic carbocycles. The number of benzene rings is 4. The van der Waals surface area contributed by atoms with Crippen LogP contribution in [0.3, 0.4) is 0 Å². The highest BCUT2D eigenvalue weighted by Crippen LogP contribution is 2.27. The molecule has 2 amide bonds. The number of carbonyl (C=O) groups excluding carboxylic acids is 2. The van der Waals surface area contributed by atoms with E-state index in [1.807, 2.05) is 72.8 Å². The van der Waals surface area contributed by atoms with Crippen molar-refractivity contribution in [2.45, 2.75) is 86.7 Å². The summed E-state index contributed by atoms with van der Waals surface area (Å²) in [6.45, 7) is 13.2. The van der Waals surface area contributed by atoms with Gasteiger partial charge in [0.1, 0.15) is 12.4 Å². The van der Waals surface area contributed by atoms with Crippen molar-refractivity contribution in [3.63, 3.8) is 0 Å². The van der Waals surface area contributed by atoms with Gasteiger partial charge in [0.05, 0.1) is 0 Å². The van der Waals surface area contributed by atoms with Crippen LogP contribution in [0.1, 0.15) is 105 Å². The summed E-state index contributed by atoms with van der Waals surface area (Å²) in [5.41, 5.74) is 17.7. The van der Waals surface area contributed by atoms with E-state index in [1.165, 1.54) is 11.1 Å². The molecule has 0 saturated heterocycles. The molecule has 5 heteroatoms. The normalized spacial score (nSPS) is 10.8. The highest BCUT2D eigenvalue weighted by molar-refractivity contribution is 5.95. The standard InChI is InChI=1S/C19H23NO.C18H21NO2.2CH4/c1-19(2,3)16-11-12-17(18(20)21)15(13-16)10-9-14-7-5-4-6-8-14;1-18(2,3)14-9-10-16(17(19)20)13(11-14)12-21-15-7-5-4-6-8-15;;/h4-8,11-13H,9-10H2,1-3H3,(H2,20,21);4-11H,12H2,1-3H3,(H2,19,20);2*1H4. The number of hydrogen-bond acceptors (Lipinski definition) is 3. The van der Waals surface area contributed by atoms with Crippen molar-refractivity contribution in [3.05, 3.63) is 136 Å². The molecular weight excluding hydrogens is 544 g/mol. The summed E-state index contributed by atoms with van der Waals surface area (Å²) < 4.78 is 5.74. The van der Waals surface area contributed by atoms with Gasteiger partial charge in [0.2, 0.25) is 11.8 Å². The average Bonchev–Trinajstić information content (AvgIpc) is 2.95. The molecule has 0 saturated carbocycles. The minimum absolute atomic E-state index is 0. The Bertz CT molecular complexity index is 1370. The molecule has 0 heterocycles. The monoisotopic (exact) mass is 596 g/mol. The molecule has 0 radical (unpaired) electrons. The zero-order valence-corrected chi connectivity index (χ0v) is 25.7. The Morgan fingerprint density at radius 2 is 1.02 bits per heavy atom. The maximum absolute atomic E-state index is 11.6. The van der Waals surface area contributed by atoms with E-state index in [0.717, 1.165) is 35.3 Å². The number of carbonyl (C=O) groups is 2. The van der Waals surface area contributed by atoms with Crippen LogP contribution in [0.25, 0.3) is 0 Å². The number of amides is 2. The summed E-state index contributed by atoms with van der Waals surface area (Å²) >= 11 is 0. The van der Waals surface area contributed by atoms with Crippen molar-refractivity contribution >= 4 is 11.8 Å². The van der Waals surface area contributed by atoms with Gasteiger partial charge in [-0.15, -0.1) is 0 Å². The van der Waals surface area contributed by atoms with E-state index in [2.05, 4.69) is 59.7 Å². The van der Waals surface area contributed by atoms with Gasteiger partial charge < -0.3 is 16.2 Å². The minimum atomic E-state index is -0.429. The van der Waals surface area contributed by atoms with E-state index in [1.54, 1.807) is 6.07 Å². The molecule has 0 aliphatic carbocycles. The van der Waals surface area contributed by atoms with Crippen molar-refractivity contribution < 1.29 is 14.3 Å². The number of aryl methyl sites for hydroxylation is 2. The van der Waals surface area contributed by atoms with Crippen LogP contribution in [-0.4, -0.2) is 11.8 Å². The Hall–Kier alpha value is -4.38. The van der Waals surface area contributed by atoms with Crippen molar-refractivity contribution in [1.82, 2.24) is 0 Å². The molecule has 0 aromatic heterocycles. The summed E-state index contributed by atoms with van der Waals surface area (Å²) in [4.78, 5) is 23.2. The van der Waals surface area contributed by atoms with Gasteiger partial charge in [0.15, 0.2) is 0 Å². The van der Waals surface area contributed by atoms with Gasteiger partial charge in [0, 0.05) is 16.7 Å². The fourth-order valence-electron chi connectivity index (χ4n) is 4.53. The van der Waals surface area contributed by atoms with Crippen LogP contribution in [0.15, 0.2) is 97.1 Å². The molecule has 0 aliphatic rings. The van der Waals surface area contributed by atoms with E-state index >= 15 is 0 Å². The van der Waals surface area contributed by atoms with Crippen molar-refractivity contribution in [2.24, 2.45) is 11.5 Å². The second-order valence-electron chi connectivity index (χ2n) is 12.6. The Kier molecular flexibility index (Phi) is 14.1. The summed E-state index contributed by atoms with van der Waals surface area (Å²) in [6, 6.07) is 31.6. The maximum atomic E-state index is 11.6. The number of hydrogen-bond donors (Lipinski definition) is 2. The third kappa shape index (κ3) is 11.0. The van der Waals surface area contributed by atoms with Gasteiger partial charge in [-0.3, -0.25) is 9.59 Å². The molecule has 0 atom stereocenters. The fraction of sp³-hybridized carbons (Fsp3) is 0.333. The molecule has 0 fully saturated rings. The molecule has 0 bridgehead atoms. The first-order valence-corrected chi connectivity index (χ1v) is 14.3. The van der Waals surface area contributed by atoms with Crippen LogP contribution in [0, 0.1) is 0 Å². The molecule has 4 rings (SSSR count). The van der Waals surface area contributed by atoms with Gasteiger partial charge in [0.25, 0.3) is 0 Å². The first-order valence-electron chi connectivity index (χ1n) is 14.3. The van der Waals surface area contributed by atoms with Gasteiger partial charge in [-0.25, -0.2) is 0 Å². The summed E-state index contributed by atoms with van der Waals surface area (Å²) in [6.07, 6.45) is 1.74. The summed E-state index contributed by atoms with van der Waals surface area (Å²) in [7, 11) is 0. The topological polar surface area (TPSA) is 95.4 Å². The van der Waals surface area contributed by atoms with Crippen molar-refractivity contribution in [1.29, 1.82) is 0 Å². The lowest BCUT2D eigenvalue weighted by molar-refractivity contribution is 0.0990. The van der Waals surface area contributed by atoms with Gasteiger partial charge in [-0.2, -0.15) is 0 Å². The lowest BCUT2D eigenvalue weighted by Gasteiger charge is -2.21. The first-order chi connectivity index (χ1) is 19.8. The molecule has 0 aliphatic heterocycles. The zero-order chi connectivity index (χ0) is 30.9. The second-order valence-corrected chi connectivity index (χ2v) is 12.6. The van der Waals surface area contributed by atoms with E-state index in [4.69, 9.17) is 16.2 Å². The number of rotatable bonds is 8. The molecule has 0 spiro atoms. The van der Waals surface area contributed by atoms with Crippen LogP contribution in [0.4, 0.5) is 0 Å². The van der Waals surface area contributed by atoms with Crippen molar-refractivity contribution in [2.75, 3.05) is 0 Å². The SMILES string of the molecule is C.C.CC(C)(C)c1ccc(C(N)=O)c(CCc2ccccc2)c1.CC(C)(C)c1ccc(C(N)=O)c(COc2ccccc2)c1. The van der Waals surface area contributed by atoms with E-state index in [-0.39, 0.29) is 31.6 Å². The van der Waals surface area contributed by atoms with Gasteiger partial charge in [-0.05, 0) is 70.2 Å². The van der Waals surface area contributed by atoms with E-state index < -0.39 is 5.91 Å². The second kappa shape index (κ2) is 16.5. The Balaban J connectivity index is 0.000000421. The van der Waals surface area contributed by atoms with Crippen molar-refractivity contribution in [3.8, 4) is 5.75 Å². The Morgan fingerprint density at radius 3 is 1.48 bits per heavy atom. The summed E-state index contributed by atoms with van der Waals surface area (Å²) in [5.74, 6) is -0.00489. The molecule has 4 N–H and O–H groups in total. The number of ether oxygens (including phenoxy) is 1. The number of nitrogens with two attached hydrogens (primary N) is 2. The summed E-state index contributed by atoms with van der Waals surface area (Å²) in [5, 5.41) is 0. The maximum Gasteiger partial charge on any atom is 0.249 e. The molecule has 5 nitrogen and oxygen atoms in total. The first kappa shape index (κ1) is 37.6. The van der Waals surface area contributed by atoms with E-state index in [0.29, 0.717) is 17.7 Å². The lowest BCUT2D eigenvalue weighted by Crippen LogP contribution is -2.18. The molecule has 44 heavy (non-hydrogen) atoms. The number of primary amides is 2. The zero-order valence-electron chi connectivity index (χ0n) is 25.7. The third-order valence-corrected chi connectivity index (χ3v) is 7.14. The Morgan fingerprint density at radius 1 is 0.591 bits per heavy atom. The van der Waals surface area contributed by atoms with E-state index in [9.17, 15) is 9.59 Å². The fourth-order valence-corrected chi connectivity index (χ4v) is 4.53. The number of para-hydroxylation sites is 1. The highest BCUT2D eigenvalue weighted by Gasteiger charge is 2.18. The van der Waals surface area contributed by atoms with Crippen LogP contribution in [-0.2, 0) is 30.3 Å². The molecule has 4 aromatic rings. The smallest absolute Gasteiger partial charge is 0.249 e. The van der Waals surface area contributed by atoms with Crippen LogP contribution in [0.2, 0.25) is 0 Å². The molecular formula is C39H52N2O3. The largest absolute Gasteiger partial charge is 0.489 e. The van der Waals surface area contributed by atoms with Crippen LogP contribution in [0.5, 0.6) is 5.75 Å². The Labute approximate surface area is 265 Å². The van der Waals surface area contributed by atoms with Crippen LogP contribution >= 0.6 is 0 Å². The average molecular weight is 597 g/mol. The predicted octanol–water partition coefficient (Wildman–Crippen LogP) is 8.80. The third-order valence-electron chi connectivity index (χ3n) is 7.14. The van der Waals surface area contributed by atoms with Gasteiger partial charge >= 0.3 is 0 Å². The highest BCUT2D eigenvalue weighted by atomic mass is 16.5. The molecule has 0 unspecified atom stereocenters. The van der Waals surface area contributed by atoms with Gasteiger partial charge in [-0.1, -0.05) is 129 Å². The molecule has 236 valence electrons.